The number of nitrogens with zero attached hydrogens (tertiary/aromatic N) is 3. The summed E-state index contributed by atoms with van der Waals surface area (Å²) in [4.78, 5) is 28.9. The number of rotatable bonds is 5. The Balaban J connectivity index is 1.37. The van der Waals surface area contributed by atoms with Gasteiger partial charge in [-0.25, -0.2) is 0 Å². The number of aromatic amines is 1. The second-order valence-corrected chi connectivity index (χ2v) is 7.61. The molecule has 2 aliphatic rings. The maximum Gasteiger partial charge on any atom is 0.240 e. The number of likely N-dealkylation sites (tertiary alicyclic amines) is 1. The highest BCUT2D eigenvalue weighted by molar-refractivity contribution is 5.91. The van der Waals surface area contributed by atoms with Crippen LogP contribution in [0, 0.1) is 6.42 Å². The first-order valence-electron chi connectivity index (χ1n) is 9.92. The number of H-pyrrole nitrogens is 1. The molecule has 8 nitrogen and oxygen atoms in total. The van der Waals surface area contributed by atoms with E-state index in [0.717, 1.165) is 49.1 Å². The molecule has 3 heterocycles. The lowest BCUT2D eigenvalue weighted by molar-refractivity contribution is -0.140. The Labute approximate surface area is 164 Å². The number of carbonyl (C=O) groups excluding carboxylic acids is 2. The van der Waals surface area contributed by atoms with E-state index < -0.39 is 11.9 Å². The fraction of sp³-hybridized carbons (Fsp3) is 0.500. The Kier molecular flexibility index (Phi) is 5.59. The van der Waals surface area contributed by atoms with Crippen molar-refractivity contribution in [2.75, 3.05) is 32.7 Å². The van der Waals surface area contributed by atoms with Crippen LogP contribution in [0.4, 0.5) is 0 Å². The van der Waals surface area contributed by atoms with Gasteiger partial charge in [-0.3, -0.25) is 19.6 Å². The normalized spacial score (nSPS) is 23.8. The fourth-order valence-corrected chi connectivity index (χ4v) is 4.30. The smallest absolute Gasteiger partial charge is 0.240 e. The molecule has 2 aromatic rings. The third-order valence-electron chi connectivity index (χ3n) is 5.87. The van der Waals surface area contributed by atoms with Crippen molar-refractivity contribution in [3.8, 4) is 0 Å². The number of hydrogen-bond donors (Lipinski definition) is 3. The molecule has 1 aromatic carbocycles. The minimum atomic E-state index is -0.534. The quantitative estimate of drug-likeness (QED) is 0.677. The van der Waals surface area contributed by atoms with Gasteiger partial charge in [-0.15, -0.1) is 0 Å². The molecule has 2 atom stereocenters. The van der Waals surface area contributed by atoms with Crippen molar-refractivity contribution in [1.29, 1.82) is 0 Å². The Hall–Kier alpha value is -2.45. The van der Waals surface area contributed by atoms with Crippen LogP contribution in [-0.2, 0) is 16.0 Å². The van der Waals surface area contributed by atoms with E-state index in [9.17, 15) is 9.59 Å². The van der Waals surface area contributed by atoms with Crippen molar-refractivity contribution in [3.63, 3.8) is 0 Å². The minimum absolute atomic E-state index is 0.116. The van der Waals surface area contributed by atoms with E-state index in [0.29, 0.717) is 25.4 Å². The predicted molar refractivity (Wildman–Crippen MR) is 106 cm³/mol. The summed E-state index contributed by atoms with van der Waals surface area (Å²) in [7, 11) is 0. The van der Waals surface area contributed by atoms with Gasteiger partial charge in [0.25, 0.3) is 0 Å². The number of aromatic nitrogens is 2. The third kappa shape index (κ3) is 4.02. The zero-order valence-corrected chi connectivity index (χ0v) is 15.9. The molecule has 1 radical (unpaired) electrons. The van der Waals surface area contributed by atoms with E-state index in [-0.39, 0.29) is 5.91 Å². The molecule has 2 aliphatic heterocycles. The van der Waals surface area contributed by atoms with E-state index in [1.807, 2.05) is 18.2 Å². The van der Waals surface area contributed by atoms with Crippen molar-refractivity contribution in [2.24, 2.45) is 5.73 Å². The summed E-state index contributed by atoms with van der Waals surface area (Å²) >= 11 is 0. The first-order chi connectivity index (χ1) is 13.6. The highest BCUT2D eigenvalue weighted by atomic mass is 16.2. The zero-order chi connectivity index (χ0) is 19.5. The molecule has 2 fully saturated rings. The van der Waals surface area contributed by atoms with Gasteiger partial charge in [-0.1, -0.05) is 6.07 Å². The van der Waals surface area contributed by atoms with Gasteiger partial charge in [0, 0.05) is 44.2 Å². The average molecular weight is 383 g/mol. The molecule has 2 saturated heterocycles. The second kappa shape index (κ2) is 8.28. The van der Waals surface area contributed by atoms with Crippen molar-refractivity contribution >= 4 is 22.7 Å². The van der Waals surface area contributed by atoms with Crippen LogP contribution in [0.3, 0.4) is 0 Å². The number of primary amides is 1. The molecule has 0 bridgehead atoms. The molecule has 2 amide bonds. The molecule has 4 rings (SSSR count). The lowest BCUT2D eigenvalue weighted by atomic mass is 9.94. The molecular formula is C20H27N6O2. The van der Waals surface area contributed by atoms with Crippen LogP contribution >= 0.6 is 0 Å². The first-order valence-corrected chi connectivity index (χ1v) is 9.92. The molecule has 2 unspecified atom stereocenters. The highest BCUT2D eigenvalue weighted by Crippen LogP contribution is 2.23. The molecule has 28 heavy (non-hydrogen) atoms. The number of hydrogen-bond acceptors (Lipinski definition) is 5. The monoisotopic (exact) mass is 383 g/mol. The molecule has 4 N–H and O–H groups in total. The van der Waals surface area contributed by atoms with E-state index in [2.05, 4.69) is 20.4 Å². The molecular weight excluding hydrogens is 356 g/mol. The lowest BCUT2D eigenvalue weighted by Gasteiger charge is -2.43. The van der Waals surface area contributed by atoms with Gasteiger partial charge in [0.1, 0.15) is 6.04 Å². The highest BCUT2D eigenvalue weighted by Gasteiger charge is 2.37. The van der Waals surface area contributed by atoms with Crippen molar-refractivity contribution in [3.05, 3.63) is 36.4 Å². The van der Waals surface area contributed by atoms with Gasteiger partial charge in [-0.2, -0.15) is 5.10 Å². The number of nitrogens with one attached hydrogen (secondary N) is 2. The SMILES string of the molecule is NC(=O)C1CC(N2CCNCC2)CCN1C(=O)[CH]Cc1ccc2[nH]ncc2c1. The van der Waals surface area contributed by atoms with Crippen molar-refractivity contribution in [1.82, 2.24) is 25.3 Å². The summed E-state index contributed by atoms with van der Waals surface area (Å²) in [5, 5.41) is 11.3. The molecule has 0 saturated carbocycles. The van der Waals surface area contributed by atoms with Crippen LogP contribution in [0.25, 0.3) is 10.9 Å². The number of carbonyl (C=O) groups is 2. The standard InChI is InChI=1S/C20H27N6O2/c21-20(28)18-12-16(25-9-6-22-7-10-25)5-8-26(18)19(27)4-2-14-1-3-17-15(11-14)13-23-24-17/h1,3-4,11,13,16,18,22H,2,5-10,12H2,(H2,21,28)(H,23,24). The molecule has 8 heteroatoms. The van der Waals surface area contributed by atoms with E-state index in [1.54, 1.807) is 17.5 Å². The van der Waals surface area contributed by atoms with Gasteiger partial charge >= 0.3 is 0 Å². The van der Waals surface area contributed by atoms with E-state index in [1.165, 1.54) is 0 Å². The zero-order valence-electron chi connectivity index (χ0n) is 15.9. The summed E-state index contributed by atoms with van der Waals surface area (Å²) in [6, 6.07) is 5.74. The largest absolute Gasteiger partial charge is 0.368 e. The number of nitrogens with two attached hydrogens (primary N) is 1. The summed E-state index contributed by atoms with van der Waals surface area (Å²) in [5.74, 6) is -0.531. The summed E-state index contributed by atoms with van der Waals surface area (Å²) in [6.07, 6.45) is 5.44. The van der Waals surface area contributed by atoms with Crippen LogP contribution in [-0.4, -0.2) is 76.6 Å². The topological polar surface area (TPSA) is 107 Å². The molecule has 0 aliphatic carbocycles. The van der Waals surface area contributed by atoms with Gasteiger partial charge in [0.05, 0.1) is 18.1 Å². The Morgan fingerprint density at radius 3 is 2.86 bits per heavy atom. The van der Waals surface area contributed by atoms with Crippen LogP contribution in [0.1, 0.15) is 18.4 Å². The number of amides is 2. The average Bonchev–Trinajstić information content (AvgIpc) is 3.20. The van der Waals surface area contributed by atoms with Gasteiger partial charge in [-0.05, 0) is 37.0 Å². The van der Waals surface area contributed by atoms with E-state index >= 15 is 0 Å². The minimum Gasteiger partial charge on any atom is -0.368 e. The lowest BCUT2D eigenvalue weighted by Crippen LogP contribution is -2.58. The number of fused-ring (bicyclic) bond motifs is 1. The Bertz CT molecular complexity index is 844. The predicted octanol–water partition coefficient (Wildman–Crippen LogP) is 0.0598. The van der Waals surface area contributed by atoms with Gasteiger partial charge in [0.2, 0.25) is 11.8 Å². The second-order valence-electron chi connectivity index (χ2n) is 7.61. The first kappa shape index (κ1) is 18.9. The molecule has 1 aromatic heterocycles. The summed E-state index contributed by atoms with van der Waals surface area (Å²) < 4.78 is 0. The number of piperidine rings is 1. The maximum absolute atomic E-state index is 12.8. The van der Waals surface area contributed by atoms with Gasteiger partial charge < -0.3 is 16.0 Å². The third-order valence-corrected chi connectivity index (χ3v) is 5.87. The van der Waals surface area contributed by atoms with E-state index in [4.69, 9.17) is 5.73 Å². The van der Waals surface area contributed by atoms with Crippen LogP contribution in [0.15, 0.2) is 24.4 Å². The fourth-order valence-electron chi connectivity index (χ4n) is 4.30. The summed E-state index contributed by atoms with van der Waals surface area (Å²) in [6.45, 7) is 4.46. The summed E-state index contributed by atoms with van der Waals surface area (Å²) in [5.41, 5.74) is 7.66. The van der Waals surface area contributed by atoms with Crippen LogP contribution in [0.2, 0.25) is 0 Å². The van der Waals surface area contributed by atoms with Crippen molar-refractivity contribution in [2.45, 2.75) is 31.3 Å². The number of piperazine rings is 1. The maximum atomic E-state index is 12.8. The Morgan fingerprint density at radius 1 is 1.25 bits per heavy atom. The number of benzene rings is 1. The van der Waals surface area contributed by atoms with Gasteiger partial charge in [0.15, 0.2) is 0 Å². The van der Waals surface area contributed by atoms with Crippen molar-refractivity contribution < 1.29 is 9.59 Å². The van der Waals surface area contributed by atoms with Crippen LogP contribution < -0.4 is 11.1 Å². The molecule has 149 valence electrons. The van der Waals surface area contributed by atoms with Crippen LogP contribution in [0.5, 0.6) is 0 Å². The molecule has 0 spiro atoms. The Morgan fingerprint density at radius 2 is 2.07 bits per heavy atom.